The molecule has 1 aliphatic rings. The quantitative estimate of drug-likeness (QED) is 0.0946. The van der Waals surface area contributed by atoms with Gasteiger partial charge in [0.2, 0.25) is 0 Å². The lowest BCUT2D eigenvalue weighted by Gasteiger charge is -2.40. The molecule has 354 valence electrons. The monoisotopic (exact) mass is 877 g/mol. The van der Waals surface area contributed by atoms with Gasteiger partial charge in [-0.2, -0.15) is 0 Å². The van der Waals surface area contributed by atoms with Crippen molar-refractivity contribution in [1.29, 1.82) is 0 Å². The highest BCUT2D eigenvalue weighted by molar-refractivity contribution is 5.75. The molecule has 1 aliphatic heterocycles. The van der Waals surface area contributed by atoms with Gasteiger partial charge in [0, 0.05) is 83.6 Å². The number of rotatable bonds is 15. The zero-order chi connectivity index (χ0) is 47.3. The Hall–Kier alpha value is -3.70. The predicted molar refractivity (Wildman–Crippen MR) is 241 cm³/mol. The molecule has 1 unspecified atom stereocenters. The average molecular weight is 877 g/mol. The van der Waals surface area contributed by atoms with Gasteiger partial charge in [0.25, 0.3) is 5.69 Å². The molecule has 0 amide bonds. The number of ether oxygens (including phenoxy) is 4. The minimum absolute atomic E-state index is 0.0237. The Bertz CT molecular complexity index is 1570. The van der Waals surface area contributed by atoms with Gasteiger partial charge >= 0.3 is 23.9 Å². The van der Waals surface area contributed by atoms with E-state index in [-0.39, 0.29) is 61.8 Å². The number of nitro benzene ring substituents is 1. The van der Waals surface area contributed by atoms with Crippen molar-refractivity contribution in [3.8, 4) is 0 Å². The topological polar surface area (TPSA) is 165 Å². The van der Waals surface area contributed by atoms with E-state index in [2.05, 4.69) is 35.5 Å². The van der Waals surface area contributed by atoms with Crippen molar-refractivity contribution >= 4 is 29.6 Å². The van der Waals surface area contributed by atoms with Crippen LogP contribution in [0.15, 0.2) is 24.3 Å². The highest BCUT2D eigenvalue weighted by atomic mass is 16.6. The van der Waals surface area contributed by atoms with Crippen LogP contribution in [-0.4, -0.2) is 173 Å². The second-order valence-electron chi connectivity index (χ2n) is 21.7. The third kappa shape index (κ3) is 24.8. The molecule has 0 radical (unpaired) electrons. The molecule has 1 fully saturated rings. The largest absolute Gasteiger partial charge is 0.459 e. The van der Waals surface area contributed by atoms with E-state index in [9.17, 15) is 29.3 Å². The lowest BCUT2D eigenvalue weighted by Crippen LogP contribution is -2.54. The minimum Gasteiger partial charge on any atom is -0.459 e. The summed E-state index contributed by atoms with van der Waals surface area (Å²) in [6.07, 6.45) is 0.437. The van der Waals surface area contributed by atoms with Crippen LogP contribution in [-0.2, 0) is 44.5 Å². The molecule has 0 N–H and O–H groups in total. The first kappa shape index (κ1) is 54.4. The van der Waals surface area contributed by atoms with Crippen LogP contribution in [0.2, 0.25) is 0 Å². The summed E-state index contributed by atoms with van der Waals surface area (Å²) in [6, 6.07) is 6.14. The first-order valence-electron chi connectivity index (χ1n) is 22.0. The maximum Gasteiger partial charge on any atom is 0.320 e. The van der Waals surface area contributed by atoms with E-state index in [1.165, 1.54) is 12.1 Å². The van der Waals surface area contributed by atoms with Gasteiger partial charge in [0.05, 0.1) is 31.1 Å². The molecule has 0 aliphatic carbocycles. The van der Waals surface area contributed by atoms with Crippen molar-refractivity contribution in [3.63, 3.8) is 0 Å². The molecule has 1 heterocycles. The number of hydrogen-bond donors (Lipinski definition) is 0. The lowest BCUT2D eigenvalue weighted by molar-refractivity contribution is -0.384. The Morgan fingerprint density at radius 2 is 0.935 bits per heavy atom. The van der Waals surface area contributed by atoms with Gasteiger partial charge in [-0.1, -0.05) is 32.9 Å². The Morgan fingerprint density at radius 3 is 1.31 bits per heavy atom. The van der Waals surface area contributed by atoms with Crippen molar-refractivity contribution < 1.29 is 43.0 Å². The molecule has 16 nitrogen and oxygen atoms in total. The summed E-state index contributed by atoms with van der Waals surface area (Å²) in [5, 5.41) is 11.6. The number of benzene rings is 1. The van der Waals surface area contributed by atoms with E-state index < -0.39 is 39.3 Å². The first-order valence-corrected chi connectivity index (χ1v) is 22.0. The molecule has 0 spiro atoms. The van der Waals surface area contributed by atoms with E-state index in [1.54, 1.807) is 58.6 Å². The number of nitrogens with zero attached hydrogens (tertiary/aromatic N) is 6. The first-order chi connectivity index (χ1) is 28.2. The van der Waals surface area contributed by atoms with Crippen LogP contribution in [0.5, 0.6) is 0 Å². The molecule has 1 saturated heterocycles. The summed E-state index contributed by atoms with van der Waals surface area (Å²) in [6.45, 7) is 33.6. The van der Waals surface area contributed by atoms with E-state index in [0.29, 0.717) is 58.8 Å². The SMILES string of the molecule is CC(C)(C)CN1CCN(CC(=O)OC(C)(C)C)CCN(CC(=O)OC(C)(C)C)CCN(C(Cc2ccc([N+](=O)[O-])cc2)CN(CC(=O)OC(C)(C)C)CC(=O)OC(C)(C)C)CC1. The maximum absolute atomic E-state index is 13.4. The van der Waals surface area contributed by atoms with E-state index in [4.69, 9.17) is 18.9 Å². The van der Waals surface area contributed by atoms with Crippen LogP contribution in [0, 0.1) is 15.5 Å². The molecule has 1 aromatic carbocycles. The fraction of sp³-hybridized carbons (Fsp3) is 0.783. The molecular weight excluding hydrogens is 797 g/mol. The maximum atomic E-state index is 13.4. The van der Waals surface area contributed by atoms with Crippen molar-refractivity contribution in [2.75, 3.05) is 91.6 Å². The lowest BCUT2D eigenvalue weighted by atomic mass is 9.96. The van der Waals surface area contributed by atoms with Crippen LogP contribution in [0.3, 0.4) is 0 Å². The van der Waals surface area contributed by atoms with E-state index in [0.717, 1.165) is 12.1 Å². The van der Waals surface area contributed by atoms with Gasteiger partial charge in [-0.3, -0.25) is 48.9 Å². The summed E-state index contributed by atoms with van der Waals surface area (Å²) in [7, 11) is 0. The van der Waals surface area contributed by atoms with Crippen LogP contribution in [0.4, 0.5) is 5.69 Å². The minimum atomic E-state index is -0.750. The number of carbonyl (C=O) groups is 4. The highest BCUT2D eigenvalue weighted by Gasteiger charge is 2.31. The van der Waals surface area contributed by atoms with Gasteiger partial charge in [-0.15, -0.1) is 0 Å². The number of nitro groups is 1. The zero-order valence-corrected chi connectivity index (χ0v) is 40.8. The van der Waals surface area contributed by atoms with Crippen LogP contribution >= 0.6 is 0 Å². The Labute approximate surface area is 372 Å². The van der Waals surface area contributed by atoms with Gasteiger partial charge in [0.15, 0.2) is 0 Å². The van der Waals surface area contributed by atoms with Crippen LogP contribution in [0.25, 0.3) is 0 Å². The molecule has 16 heteroatoms. The highest BCUT2D eigenvalue weighted by Crippen LogP contribution is 2.20. The zero-order valence-electron chi connectivity index (χ0n) is 40.8. The van der Waals surface area contributed by atoms with Gasteiger partial charge in [-0.25, -0.2) is 0 Å². The molecular formula is C46H80N6O10. The Kier molecular flexibility index (Phi) is 20.5. The van der Waals surface area contributed by atoms with E-state index in [1.807, 2.05) is 46.4 Å². The normalized spacial score (nSPS) is 17.1. The molecule has 0 aromatic heterocycles. The van der Waals surface area contributed by atoms with Crippen molar-refractivity contribution in [2.24, 2.45) is 5.41 Å². The summed E-state index contributed by atoms with van der Waals surface area (Å²) in [5.74, 6) is -1.65. The third-order valence-corrected chi connectivity index (χ3v) is 9.26. The number of carbonyl (C=O) groups excluding carboxylic acids is 4. The number of non-ortho nitro benzene ring substituents is 1. The molecule has 1 atom stereocenters. The molecule has 0 bridgehead atoms. The summed E-state index contributed by atoms with van der Waals surface area (Å²) < 4.78 is 22.9. The van der Waals surface area contributed by atoms with E-state index >= 15 is 0 Å². The predicted octanol–water partition coefficient (Wildman–Crippen LogP) is 5.44. The van der Waals surface area contributed by atoms with Gasteiger partial charge < -0.3 is 23.8 Å². The summed E-state index contributed by atoms with van der Waals surface area (Å²) in [5.41, 5.74) is -2.04. The molecule has 1 aromatic rings. The van der Waals surface area contributed by atoms with Gasteiger partial charge in [-0.05, 0) is 100 Å². The summed E-state index contributed by atoms with van der Waals surface area (Å²) in [4.78, 5) is 75.1. The van der Waals surface area contributed by atoms with Crippen molar-refractivity contribution in [2.45, 2.75) is 139 Å². The smallest absolute Gasteiger partial charge is 0.320 e. The molecule has 2 rings (SSSR count). The second-order valence-corrected chi connectivity index (χ2v) is 21.7. The number of esters is 4. The van der Waals surface area contributed by atoms with Crippen LogP contribution in [0.1, 0.15) is 109 Å². The van der Waals surface area contributed by atoms with Gasteiger partial charge in [0.1, 0.15) is 22.4 Å². The van der Waals surface area contributed by atoms with Crippen LogP contribution < -0.4 is 0 Å². The second kappa shape index (κ2) is 23.3. The fourth-order valence-corrected chi connectivity index (χ4v) is 7.11. The summed E-state index contributed by atoms with van der Waals surface area (Å²) >= 11 is 0. The third-order valence-electron chi connectivity index (χ3n) is 9.26. The van der Waals surface area contributed by atoms with Crippen molar-refractivity contribution in [1.82, 2.24) is 24.5 Å². The Morgan fingerprint density at radius 1 is 0.581 bits per heavy atom. The Balaban J connectivity index is 2.69. The standard InChI is InChI=1S/C46H80N6O10/c1-42(2,3)34-49-23-22-47(30-38(53)59-43(4,5)6)20-21-48(31-39(54)60-44(7,8)9)24-26-51(27-25-49)37(28-35-16-18-36(19-17-35)52(57)58)29-50(32-40(55)61-45(10,11)12)33-41(56)62-46(13,14)15/h16-19,37H,20-34H2,1-15H3. The molecule has 0 saturated carbocycles. The fourth-order valence-electron chi connectivity index (χ4n) is 7.11. The average Bonchev–Trinajstić information content (AvgIpc) is 3.04. The van der Waals surface area contributed by atoms with Crippen molar-refractivity contribution in [3.05, 3.63) is 39.9 Å². The number of hydrogen-bond acceptors (Lipinski definition) is 15. The molecule has 62 heavy (non-hydrogen) atoms.